The van der Waals surface area contributed by atoms with Gasteiger partial charge in [0.15, 0.2) is 4.32 Å². The number of hydrogen-bond donors (Lipinski definition) is 0. The van der Waals surface area contributed by atoms with E-state index in [1.807, 2.05) is 24.3 Å². The maximum absolute atomic E-state index is 13.2. The Morgan fingerprint density at radius 3 is 2.59 bits per heavy atom. The molecule has 1 aliphatic heterocycles. The van der Waals surface area contributed by atoms with Crippen LogP contribution in [0.3, 0.4) is 0 Å². The molecule has 0 atom stereocenters. The number of carbonyl (C=O) groups is 1. The number of anilines is 1. The summed E-state index contributed by atoms with van der Waals surface area (Å²) in [5, 5.41) is 0. The van der Waals surface area contributed by atoms with Crippen molar-refractivity contribution in [2.75, 3.05) is 4.90 Å². The van der Waals surface area contributed by atoms with Crippen molar-refractivity contribution in [2.45, 2.75) is 0 Å². The van der Waals surface area contributed by atoms with Crippen LogP contribution in [-0.4, -0.2) is 10.2 Å². The Labute approximate surface area is 145 Å². The second-order valence-electron chi connectivity index (χ2n) is 4.55. The highest BCUT2D eigenvalue weighted by Gasteiger charge is 2.33. The fraction of sp³-hybridized carbons (Fsp3) is 0. The van der Waals surface area contributed by atoms with Crippen molar-refractivity contribution in [1.82, 2.24) is 0 Å². The molecule has 0 spiro atoms. The Morgan fingerprint density at radius 2 is 1.91 bits per heavy atom. The lowest BCUT2D eigenvalue weighted by atomic mass is 10.2. The minimum absolute atomic E-state index is 0.193. The zero-order valence-electron chi connectivity index (χ0n) is 11.1. The van der Waals surface area contributed by atoms with E-state index >= 15 is 0 Å². The smallest absolute Gasteiger partial charge is 0.268 e. The first-order valence-corrected chi connectivity index (χ1v) is 8.35. The van der Waals surface area contributed by atoms with Gasteiger partial charge in [-0.1, -0.05) is 52.0 Å². The Hall–Kier alpha value is -1.50. The average molecular weight is 394 g/mol. The quantitative estimate of drug-likeness (QED) is 0.529. The van der Waals surface area contributed by atoms with Crippen LogP contribution < -0.4 is 4.90 Å². The van der Waals surface area contributed by atoms with Gasteiger partial charge in [-0.2, -0.15) is 0 Å². The number of nitrogens with zero attached hydrogens (tertiary/aromatic N) is 1. The van der Waals surface area contributed by atoms with Crippen LogP contribution in [0.1, 0.15) is 5.56 Å². The topological polar surface area (TPSA) is 20.3 Å². The summed E-state index contributed by atoms with van der Waals surface area (Å²) < 4.78 is 14.6. The number of thioether (sulfide) groups is 1. The molecule has 1 heterocycles. The highest BCUT2D eigenvalue weighted by molar-refractivity contribution is 9.10. The zero-order chi connectivity index (χ0) is 15.7. The molecule has 1 aliphatic rings. The normalized spacial score (nSPS) is 16.6. The van der Waals surface area contributed by atoms with Crippen molar-refractivity contribution >= 4 is 61.9 Å². The van der Waals surface area contributed by atoms with Crippen LogP contribution in [0.4, 0.5) is 10.1 Å². The van der Waals surface area contributed by atoms with Gasteiger partial charge in [-0.3, -0.25) is 9.69 Å². The number of hydrogen-bond acceptors (Lipinski definition) is 3. The van der Waals surface area contributed by atoms with E-state index in [0.717, 1.165) is 4.47 Å². The van der Waals surface area contributed by atoms with Crippen LogP contribution in [0, 0.1) is 5.82 Å². The fourth-order valence-electron chi connectivity index (χ4n) is 2.03. The summed E-state index contributed by atoms with van der Waals surface area (Å²) in [4.78, 5) is 14.5. The van der Waals surface area contributed by atoms with Gasteiger partial charge < -0.3 is 0 Å². The number of amides is 1. The first kappa shape index (κ1) is 15.4. The summed E-state index contributed by atoms with van der Waals surface area (Å²) in [6, 6.07) is 13.4. The molecule has 1 fully saturated rings. The number of thiocarbonyl (C=S) groups is 1. The maximum atomic E-state index is 13.2. The molecule has 0 N–H and O–H groups in total. The van der Waals surface area contributed by atoms with E-state index in [1.54, 1.807) is 18.2 Å². The zero-order valence-corrected chi connectivity index (χ0v) is 14.3. The third-order valence-corrected chi connectivity index (χ3v) is 4.86. The highest BCUT2D eigenvalue weighted by atomic mass is 79.9. The molecule has 22 heavy (non-hydrogen) atoms. The van der Waals surface area contributed by atoms with E-state index in [4.69, 9.17) is 12.2 Å². The van der Waals surface area contributed by atoms with E-state index in [-0.39, 0.29) is 11.7 Å². The molecular weight excluding hydrogens is 385 g/mol. The molecule has 2 nitrogen and oxygen atoms in total. The van der Waals surface area contributed by atoms with Gasteiger partial charge in [-0.05, 0) is 48.0 Å². The Kier molecular flexibility index (Phi) is 4.42. The first-order chi connectivity index (χ1) is 10.5. The molecule has 1 saturated heterocycles. The second kappa shape index (κ2) is 6.32. The van der Waals surface area contributed by atoms with Crippen LogP contribution >= 0.6 is 39.9 Å². The highest BCUT2D eigenvalue weighted by Crippen LogP contribution is 2.36. The third-order valence-electron chi connectivity index (χ3n) is 3.02. The Morgan fingerprint density at radius 1 is 1.18 bits per heavy atom. The first-order valence-electron chi connectivity index (χ1n) is 6.34. The van der Waals surface area contributed by atoms with Crippen molar-refractivity contribution in [1.29, 1.82) is 0 Å². The summed E-state index contributed by atoms with van der Waals surface area (Å²) in [6.07, 6.45) is 1.65. The second-order valence-corrected chi connectivity index (χ2v) is 7.14. The predicted octanol–water partition coefficient (Wildman–Crippen LogP) is 4.99. The van der Waals surface area contributed by atoms with Crippen LogP contribution in [0.25, 0.3) is 6.08 Å². The minimum Gasteiger partial charge on any atom is -0.268 e. The summed E-state index contributed by atoms with van der Waals surface area (Å²) in [7, 11) is 0. The molecule has 1 amide bonds. The van der Waals surface area contributed by atoms with Crippen LogP contribution in [-0.2, 0) is 4.79 Å². The van der Waals surface area contributed by atoms with Crippen molar-refractivity contribution in [3.63, 3.8) is 0 Å². The summed E-state index contributed by atoms with van der Waals surface area (Å²) in [5.74, 6) is -0.529. The van der Waals surface area contributed by atoms with Crippen LogP contribution in [0.15, 0.2) is 57.9 Å². The van der Waals surface area contributed by atoms with Gasteiger partial charge in [0.2, 0.25) is 0 Å². The number of benzene rings is 2. The molecule has 0 bridgehead atoms. The lowest BCUT2D eigenvalue weighted by molar-refractivity contribution is -0.113. The number of halogens is 2. The van der Waals surface area contributed by atoms with Gasteiger partial charge in [0.25, 0.3) is 5.91 Å². The average Bonchev–Trinajstić information content (AvgIpc) is 2.75. The predicted molar refractivity (Wildman–Crippen MR) is 96.2 cm³/mol. The van der Waals surface area contributed by atoms with Crippen molar-refractivity contribution in [2.24, 2.45) is 0 Å². The summed E-state index contributed by atoms with van der Waals surface area (Å²) in [6.45, 7) is 0. The summed E-state index contributed by atoms with van der Waals surface area (Å²) in [5.41, 5.74) is 1.35. The van der Waals surface area contributed by atoms with Gasteiger partial charge in [0.1, 0.15) is 5.82 Å². The lowest BCUT2D eigenvalue weighted by Gasteiger charge is -2.14. The van der Waals surface area contributed by atoms with Crippen LogP contribution in [0.2, 0.25) is 0 Å². The molecule has 3 rings (SSSR count). The minimum atomic E-state index is -0.336. The Balaban J connectivity index is 1.93. The van der Waals surface area contributed by atoms with E-state index in [1.165, 1.54) is 28.8 Å². The SMILES string of the molecule is O=C1/C(=C\c2cccc(F)c2)SC(=S)N1c1ccc(Br)cc1. The van der Waals surface area contributed by atoms with Gasteiger partial charge in [0, 0.05) is 4.47 Å². The van der Waals surface area contributed by atoms with Crippen LogP contribution in [0.5, 0.6) is 0 Å². The van der Waals surface area contributed by atoms with Crippen molar-refractivity contribution < 1.29 is 9.18 Å². The monoisotopic (exact) mass is 393 g/mol. The largest absolute Gasteiger partial charge is 0.270 e. The van der Waals surface area contributed by atoms with E-state index in [9.17, 15) is 9.18 Å². The number of carbonyl (C=O) groups excluding carboxylic acids is 1. The van der Waals surface area contributed by atoms with Crippen molar-refractivity contribution in [3.05, 3.63) is 69.3 Å². The van der Waals surface area contributed by atoms with Gasteiger partial charge in [0.05, 0.1) is 10.6 Å². The maximum Gasteiger partial charge on any atom is 0.270 e. The molecule has 2 aromatic rings. The molecule has 0 aromatic heterocycles. The Bertz CT molecular complexity index is 789. The molecule has 2 aromatic carbocycles. The molecule has 6 heteroatoms. The molecule has 0 unspecified atom stereocenters. The van der Waals surface area contributed by atoms with Crippen molar-refractivity contribution in [3.8, 4) is 0 Å². The van der Waals surface area contributed by atoms with Gasteiger partial charge in [-0.15, -0.1) is 0 Å². The third kappa shape index (κ3) is 3.14. The molecule has 0 saturated carbocycles. The van der Waals surface area contributed by atoms with E-state index in [2.05, 4.69) is 15.9 Å². The van der Waals surface area contributed by atoms with Gasteiger partial charge in [-0.25, -0.2) is 4.39 Å². The van der Waals surface area contributed by atoms with Gasteiger partial charge >= 0.3 is 0 Å². The molecule has 0 aliphatic carbocycles. The molecular formula is C16H9BrFNOS2. The van der Waals surface area contributed by atoms with E-state index in [0.29, 0.717) is 20.5 Å². The lowest BCUT2D eigenvalue weighted by Crippen LogP contribution is -2.27. The summed E-state index contributed by atoms with van der Waals surface area (Å²) >= 11 is 9.87. The fourth-order valence-corrected chi connectivity index (χ4v) is 3.59. The standard InChI is InChI=1S/C16H9BrFNOS2/c17-11-4-6-13(7-5-11)19-15(20)14(22-16(19)21)9-10-2-1-3-12(18)8-10/h1-9H/b14-9+. The molecule has 0 radical (unpaired) electrons. The van der Waals surface area contributed by atoms with E-state index < -0.39 is 0 Å². The number of rotatable bonds is 2. The molecule has 110 valence electrons.